The van der Waals surface area contributed by atoms with Gasteiger partial charge >= 0.3 is 0 Å². The molecule has 1 N–H and O–H groups in total. The molecule has 0 unspecified atom stereocenters. The number of hydrogen-bond donors (Lipinski definition) is 1. The van der Waals surface area contributed by atoms with Crippen molar-refractivity contribution in [1.82, 2.24) is 0 Å². The van der Waals surface area contributed by atoms with Crippen molar-refractivity contribution in [3.63, 3.8) is 0 Å². The monoisotopic (exact) mass is 228 g/mol. The summed E-state index contributed by atoms with van der Waals surface area (Å²) in [4.78, 5) is 4.33. The maximum Gasteiger partial charge on any atom is 0.0383 e. The number of benzene rings is 1. The van der Waals surface area contributed by atoms with Crippen LogP contribution in [-0.2, 0) is 6.42 Å². The summed E-state index contributed by atoms with van der Waals surface area (Å²) in [5.41, 5.74) is 4.82. The zero-order valence-corrected chi connectivity index (χ0v) is 10.9. The van der Waals surface area contributed by atoms with Crippen molar-refractivity contribution in [3.8, 4) is 0 Å². The van der Waals surface area contributed by atoms with Crippen LogP contribution in [0.1, 0.15) is 38.3 Å². The third-order valence-electron chi connectivity index (χ3n) is 2.50. The molecule has 0 saturated carbocycles. The normalized spacial score (nSPS) is 11.4. The van der Waals surface area contributed by atoms with E-state index in [1.807, 2.05) is 32.9 Å². The molecule has 0 aliphatic heterocycles. The Hall–Kier alpha value is -1.70. The molecule has 0 amide bonds. The summed E-state index contributed by atoms with van der Waals surface area (Å²) in [6.45, 7) is 9.68. The lowest BCUT2D eigenvalue weighted by Gasteiger charge is -2.04. The van der Waals surface area contributed by atoms with Crippen LogP contribution in [0.3, 0.4) is 0 Å². The molecule has 0 aliphatic carbocycles. The Kier molecular flexibility index (Phi) is 4.83. The second kappa shape index (κ2) is 6.14. The van der Waals surface area contributed by atoms with Gasteiger partial charge in [0.05, 0.1) is 0 Å². The minimum Gasteiger partial charge on any atom is -0.305 e. The van der Waals surface area contributed by atoms with Gasteiger partial charge in [-0.1, -0.05) is 37.8 Å². The van der Waals surface area contributed by atoms with Crippen molar-refractivity contribution in [2.75, 3.05) is 0 Å². The maximum absolute atomic E-state index is 7.75. The Morgan fingerprint density at radius 2 is 1.82 bits per heavy atom. The standard InChI is InChI=1S/C15H20N2/c1-5-15(16)14-8-6-13(7-9-14)10-12(4)17-11(2)3/h6-9,16H,2,5,10H2,1,3-4H3/b16-15?,17-12+. The van der Waals surface area contributed by atoms with Gasteiger partial charge < -0.3 is 5.41 Å². The molecule has 0 aliphatic rings. The van der Waals surface area contributed by atoms with Crippen LogP contribution in [0.5, 0.6) is 0 Å². The molecule has 0 bridgehead atoms. The summed E-state index contributed by atoms with van der Waals surface area (Å²) in [5, 5.41) is 7.75. The predicted molar refractivity (Wildman–Crippen MR) is 75.2 cm³/mol. The lowest BCUT2D eigenvalue weighted by atomic mass is 10.0. The van der Waals surface area contributed by atoms with Crippen LogP contribution in [0, 0.1) is 5.41 Å². The molecule has 2 heteroatoms. The van der Waals surface area contributed by atoms with Crippen LogP contribution in [0.25, 0.3) is 0 Å². The van der Waals surface area contributed by atoms with E-state index in [0.29, 0.717) is 5.71 Å². The number of allylic oxidation sites excluding steroid dienone is 1. The van der Waals surface area contributed by atoms with E-state index in [2.05, 4.69) is 23.7 Å². The van der Waals surface area contributed by atoms with E-state index in [-0.39, 0.29) is 0 Å². The molecular formula is C15H20N2. The van der Waals surface area contributed by atoms with Gasteiger partial charge in [0.2, 0.25) is 0 Å². The minimum atomic E-state index is 0.684. The smallest absolute Gasteiger partial charge is 0.0383 e. The van der Waals surface area contributed by atoms with Crippen LogP contribution >= 0.6 is 0 Å². The Bertz CT molecular complexity index is 438. The SMILES string of the molecule is C=C(C)/N=C(\C)Cc1ccc(C(=N)CC)cc1. The molecule has 0 atom stereocenters. The van der Waals surface area contributed by atoms with E-state index in [0.717, 1.165) is 29.8 Å². The van der Waals surface area contributed by atoms with E-state index in [4.69, 9.17) is 5.41 Å². The molecule has 0 heterocycles. The number of nitrogens with zero attached hydrogens (tertiary/aromatic N) is 1. The molecular weight excluding hydrogens is 208 g/mol. The van der Waals surface area contributed by atoms with Crippen molar-refractivity contribution >= 4 is 11.4 Å². The first-order valence-electron chi connectivity index (χ1n) is 5.89. The van der Waals surface area contributed by atoms with Crippen LogP contribution in [0.15, 0.2) is 41.5 Å². The van der Waals surface area contributed by atoms with E-state index in [9.17, 15) is 0 Å². The van der Waals surface area contributed by atoms with E-state index in [1.165, 1.54) is 5.56 Å². The quantitative estimate of drug-likeness (QED) is 0.739. The van der Waals surface area contributed by atoms with E-state index < -0.39 is 0 Å². The lowest BCUT2D eigenvalue weighted by Crippen LogP contribution is -2.00. The van der Waals surface area contributed by atoms with Gasteiger partial charge in [-0.3, -0.25) is 4.99 Å². The van der Waals surface area contributed by atoms with Crippen molar-refractivity contribution in [2.45, 2.75) is 33.6 Å². The Balaban J connectivity index is 2.75. The number of hydrogen-bond acceptors (Lipinski definition) is 2. The third-order valence-corrected chi connectivity index (χ3v) is 2.50. The molecule has 0 aromatic heterocycles. The highest BCUT2D eigenvalue weighted by atomic mass is 14.7. The topological polar surface area (TPSA) is 36.2 Å². The van der Waals surface area contributed by atoms with Gasteiger partial charge in [0, 0.05) is 23.5 Å². The molecule has 0 radical (unpaired) electrons. The van der Waals surface area contributed by atoms with Crippen LogP contribution in [0.2, 0.25) is 0 Å². The van der Waals surface area contributed by atoms with Crippen molar-refractivity contribution in [2.24, 2.45) is 4.99 Å². The number of aliphatic imine (C=N–C) groups is 1. The predicted octanol–water partition coefficient (Wildman–Crippen LogP) is 4.00. The van der Waals surface area contributed by atoms with Crippen molar-refractivity contribution < 1.29 is 0 Å². The molecule has 2 nitrogen and oxygen atoms in total. The Morgan fingerprint density at radius 1 is 1.24 bits per heavy atom. The molecule has 0 spiro atoms. The fourth-order valence-electron chi connectivity index (χ4n) is 1.69. The average Bonchev–Trinajstić information content (AvgIpc) is 2.28. The largest absolute Gasteiger partial charge is 0.305 e. The highest BCUT2D eigenvalue weighted by molar-refractivity contribution is 5.98. The zero-order chi connectivity index (χ0) is 12.8. The second-order valence-corrected chi connectivity index (χ2v) is 4.29. The Morgan fingerprint density at radius 3 is 2.29 bits per heavy atom. The first-order chi connectivity index (χ1) is 8.02. The second-order valence-electron chi connectivity index (χ2n) is 4.29. The number of rotatable bonds is 5. The first kappa shape index (κ1) is 13.4. The van der Waals surface area contributed by atoms with E-state index >= 15 is 0 Å². The molecule has 1 aromatic rings. The summed E-state index contributed by atoms with van der Waals surface area (Å²) in [6.07, 6.45) is 1.61. The fraction of sp³-hybridized carbons (Fsp3) is 0.333. The van der Waals surface area contributed by atoms with Gasteiger partial charge in [0.1, 0.15) is 0 Å². The molecule has 90 valence electrons. The zero-order valence-electron chi connectivity index (χ0n) is 10.9. The highest BCUT2D eigenvalue weighted by Crippen LogP contribution is 2.08. The minimum absolute atomic E-state index is 0.684. The number of nitrogens with one attached hydrogen (secondary N) is 1. The summed E-state index contributed by atoms with van der Waals surface area (Å²) >= 11 is 0. The third kappa shape index (κ3) is 4.35. The molecule has 1 aromatic carbocycles. The van der Waals surface area contributed by atoms with Gasteiger partial charge in [-0.15, -0.1) is 0 Å². The van der Waals surface area contributed by atoms with Crippen molar-refractivity contribution in [3.05, 3.63) is 47.7 Å². The van der Waals surface area contributed by atoms with Gasteiger partial charge in [-0.25, -0.2) is 0 Å². The highest BCUT2D eigenvalue weighted by Gasteiger charge is 2.00. The molecule has 0 saturated heterocycles. The summed E-state index contributed by atoms with van der Waals surface area (Å²) < 4.78 is 0. The molecule has 0 fully saturated rings. The van der Waals surface area contributed by atoms with Crippen LogP contribution < -0.4 is 0 Å². The average molecular weight is 228 g/mol. The fourth-order valence-corrected chi connectivity index (χ4v) is 1.69. The van der Waals surface area contributed by atoms with E-state index in [1.54, 1.807) is 0 Å². The van der Waals surface area contributed by atoms with Gasteiger partial charge in [-0.2, -0.15) is 0 Å². The lowest BCUT2D eigenvalue weighted by molar-refractivity contribution is 1.22. The molecule has 17 heavy (non-hydrogen) atoms. The van der Waals surface area contributed by atoms with Gasteiger partial charge in [-0.05, 0) is 31.4 Å². The van der Waals surface area contributed by atoms with Gasteiger partial charge in [0.15, 0.2) is 0 Å². The summed E-state index contributed by atoms with van der Waals surface area (Å²) in [7, 11) is 0. The summed E-state index contributed by atoms with van der Waals surface area (Å²) in [6, 6.07) is 8.15. The van der Waals surface area contributed by atoms with Crippen LogP contribution in [0.4, 0.5) is 0 Å². The van der Waals surface area contributed by atoms with Crippen LogP contribution in [-0.4, -0.2) is 11.4 Å². The first-order valence-corrected chi connectivity index (χ1v) is 5.89. The molecule has 1 rings (SSSR count). The Labute approximate surface area is 104 Å². The van der Waals surface area contributed by atoms with Crippen molar-refractivity contribution in [1.29, 1.82) is 5.41 Å². The maximum atomic E-state index is 7.75. The summed E-state index contributed by atoms with van der Waals surface area (Å²) in [5.74, 6) is 0. The van der Waals surface area contributed by atoms with Gasteiger partial charge in [0.25, 0.3) is 0 Å².